The first-order chi connectivity index (χ1) is 32.8. The number of nitrogens with zero attached hydrogens (tertiary/aromatic N) is 2. The molecule has 0 spiro atoms. The summed E-state index contributed by atoms with van der Waals surface area (Å²) in [7, 11) is 0. The molecule has 344 valence electrons. The summed E-state index contributed by atoms with van der Waals surface area (Å²) in [6.45, 7) is 10.4. The second-order valence-electron chi connectivity index (χ2n) is 17.6. The van der Waals surface area contributed by atoms with Crippen molar-refractivity contribution >= 4 is 23.9 Å². The molecule has 0 radical (unpaired) electrons. The molecule has 0 unspecified atom stereocenters. The van der Waals surface area contributed by atoms with Gasteiger partial charge in [0.25, 0.3) is 0 Å². The molecule has 0 saturated carbocycles. The summed E-state index contributed by atoms with van der Waals surface area (Å²) in [5.74, 6) is 0.294. The van der Waals surface area contributed by atoms with Gasteiger partial charge < -0.3 is 23.7 Å². The smallest absolute Gasteiger partial charge is 0.343 e. The number of rotatable bonds is 22. The van der Waals surface area contributed by atoms with E-state index in [-0.39, 0.29) is 18.0 Å². The normalized spacial score (nSPS) is 13.4. The first kappa shape index (κ1) is 46.8. The van der Waals surface area contributed by atoms with Crippen LogP contribution in [0, 0.1) is 12.3 Å². The summed E-state index contributed by atoms with van der Waals surface area (Å²) in [5.41, 5.74) is 11.8. The van der Waals surface area contributed by atoms with Gasteiger partial charge in [-0.2, -0.15) is 5.10 Å². The van der Waals surface area contributed by atoms with E-state index >= 15 is 0 Å². The minimum atomic E-state index is -0.488. The zero-order valence-electron chi connectivity index (χ0n) is 38.9. The van der Waals surface area contributed by atoms with Crippen molar-refractivity contribution in [1.29, 1.82) is 0 Å². The van der Waals surface area contributed by atoms with Crippen LogP contribution in [-0.2, 0) is 27.1 Å². The molecule has 0 amide bonds. The highest BCUT2D eigenvalue weighted by Crippen LogP contribution is 2.37. The minimum absolute atomic E-state index is 0.231. The summed E-state index contributed by atoms with van der Waals surface area (Å²) in [4.78, 5) is 26.4. The quantitative estimate of drug-likeness (QED) is 0.0219. The van der Waals surface area contributed by atoms with Gasteiger partial charge in [-0.15, -0.1) is 5.10 Å². The number of aryl methyl sites for hydroxylation is 2. The van der Waals surface area contributed by atoms with Gasteiger partial charge in [-0.25, -0.2) is 9.59 Å². The number of carbonyl (C=O) groups excluding carboxylic acids is 2. The van der Waals surface area contributed by atoms with Crippen LogP contribution in [0.4, 0.5) is 0 Å². The van der Waals surface area contributed by atoms with E-state index in [0.717, 1.165) is 127 Å². The van der Waals surface area contributed by atoms with E-state index in [1.54, 1.807) is 18.3 Å². The topological polar surface area (TPSA) is 105 Å². The van der Waals surface area contributed by atoms with Crippen molar-refractivity contribution in [3.8, 4) is 33.8 Å². The van der Waals surface area contributed by atoms with Gasteiger partial charge in [0.2, 0.25) is 0 Å². The van der Waals surface area contributed by atoms with Crippen molar-refractivity contribution in [2.45, 2.75) is 72.1 Å². The van der Waals surface area contributed by atoms with E-state index in [2.05, 4.69) is 43.2 Å². The zero-order chi connectivity index (χ0) is 46.4. The Morgan fingerprint density at radius 1 is 0.642 bits per heavy atom. The van der Waals surface area contributed by atoms with E-state index in [4.69, 9.17) is 28.8 Å². The average molecular weight is 897 g/mol. The molecule has 6 aromatic carbocycles. The Balaban J connectivity index is 0.915. The minimum Gasteiger partial charge on any atom is -0.493 e. The second-order valence-corrected chi connectivity index (χ2v) is 17.6. The molecule has 8 rings (SSSR count). The molecule has 1 fully saturated rings. The Bertz CT molecular complexity index is 2650. The van der Waals surface area contributed by atoms with Crippen molar-refractivity contribution in [2.75, 3.05) is 39.6 Å². The van der Waals surface area contributed by atoms with E-state index in [9.17, 15) is 9.59 Å². The van der Waals surface area contributed by atoms with Crippen molar-refractivity contribution < 1.29 is 33.3 Å². The number of hydrogen-bond acceptors (Lipinski definition) is 9. The Morgan fingerprint density at radius 3 is 1.93 bits per heavy atom. The van der Waals surface area contributed by atoms with Crippen LogP contribution in [0.3, 0.4) is 0 Å². The van der Waals surface area contributed by atoms with Crippen LogP contribution in [0.1, 0.15) is 106 Å². The van der Waals surface area contributed by atoms with Gasteiger partial charge in [-0.1, -0.05) is 118 Å². The van der Waals surface area contributed by atoms with Crippen molar-refractivity contribution in [2.24, 2.45) is 15.6 Å². The van der Waals surface area contributed by atoms with E-state index in [1.165, 1.54) is 5.56 Å². The molecule has 9 nitrogen and oxygen atoms in total. The molecule has 67 heavy (non-hydrogen) atoms. The molecular weight excluding hydrogens is 837 g/mol. The predicted molar refractivity (Wildman–Crippen MR) is 266 cm³/mol. The van der Waals surface area contributed by atoms with Crippen LogP contribution in [0.15, 0.2) is 144 Å². The van der Waals surface area contributed by atoms with Crippen LogP contribution < -0.4 is 9.47 Å². The largest absolute Gasteiger partial charge is 0.493 e. The Hall–Kier alpha value is -6.68. The molecule has 1 aliphatic carbocycles. The Labute approximate surface area is 394 Å². The lowest BCUT2D eigenvalue weighted by Gasteiger charge is -2.40. The maximum Gasteiger partial charge on any atom is 0.343 e. The molecule has 0 aromatic heterocycles. The number of esters is 2. The van der Waals surface area contributed by atoms with Gasteiger partial charge in [-0.05, 0) is 120 Å². The number of unbranched alkanes of at least 4 members (excludes halogenated alkanes) is 3. The highest BCUT2D eigenvalue weighted by Gasteiger charge is 2.36. The molecule has 1 saturated heterocycles. The molecule has 6 aromatic rings. The molecule has 0 bridgehead atoms. The molecular formula is C58H60N2O7. The van der Waals surface area contributed by atoms with Gasteiger partial charge >= 0.3 is 11.9 Å². The molecule has 9 heteroatoms. The van der Waals surface area contributed by atoms with Gasteiger partial charge in [-0.3, -0.25) is 0 Å². The second kappa shape index (κ2) is 22.7. The lowest BCUT2D eigenvalue weighted by molar-refractivity contribution is -0.150. The van der Waals surface area contributed by atoms with Crippen LogP contribution >= 0.6 is 0 Å². The average Bonchev–Trinajstić information content (AvgIpc) is 3.66. The van der Waals surface area contributed by atoms with Crippen LogP contribution in [0.25, 0.3) is 22.3 Å². The highest BCUT2D eigenvalue weighted by atomic mass is 16.5. The van der Waals surface area contributed by atoms with Gasteiger partial charge in [0, 0.05) is 35.1 Å². The molecule has 1 aliphatic heterocycles. The van der Waals surface area contributed by atoms with Gasteiger partial charge in [0.05, 0.1) is 50.4 Å². The van der Waals surface area contributed by atoms with E-state index in [0.29, 0.717) is 35.5 Å². The van der Waals surface area contributed by atoms with Crippen molar-refractivity contribution in [3.63, 3.8) is 0 Å². The first-order valence-electron chi connectivity index (χ1n) is 23.7. The Kier molecular flexibility index (Phi) is 15.9. The van der Waals surface area contributed by atoms with Gasteiger partial charge in [0.15, 0.2) is 0 Å². The predicted octanol–water partition coefficient (Wildman–Crippen LogP) is 12.5. The lowest BCUT2D eigenvalue weighted by Crippen LogP contribution is -2.45. The molecule has 0 atom stereocenters. The number of carbonyl (C=O) groups is 2. The third-order valence-electron chi connectivity index (χ3n) is 12.7. The lowest BCUT2D eigenvalue weighted by atomic mass is 9.84. The number of fused-ring (bicyclic) bond motifs is 3. The van der Waals surface area contributed by atoms with Gasteiger partial charge in [0.1, 0.15) is 17.2 Å². The fourth-order valence-electron chi connectivity index (χ4n) is 8.49. The van der Waals surface area contributed by atoms with Crippen molar-refractivity contribution in [1.82, 2.24) is 0 Å². The SMILES string of the molecule is CCCc1ccc(C(=O)OCCc2ccc(-c3ccc(OC(=O)c4ccc(OCCCCCCOCC5(CC)COC5)c(C)c4)c(/C=N/N=C4c5ccccc5-c5ccccc54)c3)cc2)cc1. The number of benzene rings is 6. The summed E-state index contributed by atoms with van der Waals surface area (Å²) in [5, 5.41) is 9.34. The maximum atomic E-state index is 13.7. The van der Waals surface area contributed by atoms with Crippen LogP contribution in [-0.4, -0.2) is 63.5 Å². The summed E-state index contributed by atoms with van der Waals surface area (Å²) >= 11 is 0. The third-order valence-corrected chi connectivity index (χ3v) is 12.7. The zero-order valence-corrected chi connectivity index (χ0v) is 38.9. The summed E-state index contributed by atoms with van der Waals surface area (Å²) in [6.07, 6.45) is 9.49. The summed E-state index contributed by atoms with van der Waals surface area (Å²) < 4.78 is 29.1. The number of hydrogen-bond donors (Lipinski definition) is 0. The maximum absolute atomic E-state index is 13.7. The molecule has 2 aliphatic rings. The first-order valence-corrected chi connectivity index (χ1v) is 23.7. The van der Waals surface area contributed by atoms with E-state index < -0.39 is 5.97 Å². The monoisotopic (exact) mass is 896 g/mol. The standard InChI is InChI=1S/C58H60N2O7/c1-4-14-42-21-25-45(26-22-42)56(61)66-34-31-43-19-23-44(24-20-43)46-27-30-54(48(36-46)37-59-60-55-51-17-10-8-15-49(51)50-16-9-11-18-52(50)55)67-57(62)47-28-29-53(41(3)35-47)65-33-13-7-6-12-32-63-38-58(5-2)39-64-40-58/h8-11,15-30,35-37H,4-7,12-14,31-34,38-40H2,1-3H3/b59-37+. The summed E-state index contributed by atoms with van der Waals surface area (Å²) in [6, 6.07) is 43.2. The third kappa shape index (κ3) is 11.8. The molecule has 0 N–H and O–H groups in total. The highest BCUT2D eigenvalue weighted by molar-refractivity contribution is 6.24. The van der Waals surface area contributed by atoms with Crippen LogP contribution in [0.5, 0.6) is 11.5 Å². The Morgan fingerprint density at radius 2 is 1.27 bits per heavy atom. The van der Waals surface area contributed by atoms with E-state index in [1.807, 2.05) is 104 Å². The number of ether oxygens (including phenoxy) is 5. The van der Waals surface area contributed by atoms with Crippen LogP contribution in [0.2, 0.25) is 0 Å². The van der Waals surface area contributed by atoms with Crippen molar-refractivity contribution in [3.05, 3.63) is 178 Å². The molecule has 1 heterocycles. The fraction of sp³-hybridized carbons (Fsp3) is 0.310. The fourth-order valence-corrected chi connectivity index (χ4v) is 8.49.